The van der Waals surface area contributed by atoms with E-state index in [1.807, 2.05) is 24.3 Å². The van der Waals surface area contributed by atoms with Crippen LogP contribution in [0.15, 0.2) is 28.7 Å². The summed E-state index contributed by atoms with van der Waals surface area (Å²) in [6.07, 6.45) is 0. The molecule has 11 heavy (non-hydrogen) atoms. The van der Waals surface area contributed by atoms with E-state index in [1.165, 1.54) is 0 Å². The molecular formula is C7H6BrClO2. The van der Waals surface area contributed by atoms with E-state index >= 15 is 0 Å². The quantitative estimate of drug-likeness (QED) is 0.705. The van der Waals surface area contributed by atoms with Crippen LogP contribution in [0.2, 0.25) is 5.02 Å². The first-order chi connectivity index (χ1) is 5.20. The Morgan fingerprint density at radius 2 is 1.73 bits per heavy atom. The van der Waals surface area contributed by atoms with Crippen molar-refractivity contribution in [2.45, 2.75) is 0 Å². The Bertz CT molecular complexity index is 189. The van der Waals surface area contributed by atoms with Crippen molar-refractivity contribution in [1.29, 1.82) is 0 Å². The standard InChI is InChI=1S/C6H4BrCl.CH2O2/c7-5-1-3-6(8)4-2-5;2-1-3/h1-4H;1H,(H,2,3). The fourth-order valence-electron chi connectivity index (χ4n) is 0.430. The van der Waals surface area contributed by atoms with Gasteiger partial charge in [0.1, 0.15) is 0 Å². The van der Waals surface area contributed by atoms with Gasteiger partial charge in [0.15, 0.2) is 0 Å². The Labute approximate surface area is 77.9 Å². The molecule has 0 aliphatic rings. The van der Waals surface area contributed by atoms with Crippen LogP contribution in [0.25, 0.3) is 0 Å². The topological polar surface area (TPSA) is 37.3 Å². The zero-order valence-electron chi connectivity index (χ0n) is 5.50. The monoisotopic (exact) mass is 236 g/mol. The van der Waals surface area contributed by atoms with E-state index in [-0.39, 0.29) is 6.47 Å². The largest absolute Gasteiger partial charge is 0.483 e. The van der Waals surface area contributed by atoms with Gasteiger partial charge in [-0.15, -0.1) is 0 Å². The molecule has 0 aliphatic heterocycles. The van der Waals surface area contributed by atoms with Crippen LogP contribution in [0.4, 0.5) is 0 Å². The Balaban J connectivity index is 0.000000292. The molecule has 0 fully saturated rings. The second kappa shape index (κ2) is 6.19. The number of carboxylic acid groups (broad SMARTS) is 1. The molecule has 1 aromatic rings. The third-order valence-electron chi connectivity index (χ3n) is 0.804. The Kier molecular flexibility index (Phi) is 5.88. The van der Waals surface area contributed by atoms with E-state index < -0.39 is 0 Å². The lowest BCUT2D eigenvalue weighted by molar-refractivity contribution is -0.122. The highest BCUT2D eigenvalue weighted by Gasteiger charge is 1.83. The van der Waals surface area contributed by atoms with Crippen molar-refractivity contribution in [2.75, 3.05) is 0 Å². The smallest absolute Gasteiger partial charge is 0.290 e. The van der Waals surface area contributed by atoms with Gasteiger partial charge in [0.2, 0.25) is 0 Å². The second-order valence-corrected chi connectivity index (χ2v) is 2.89. The summed E-state index contributed by atoms with van der Waals surface area (Å²) in [4.78, 5) is 8.36. The van der Waals surface area contributed by atoms with Gasteiger partial charge in [-0.05, 0) is 24.3 Å². The highest BCUT2D eigenvalue weighted by molar-refractivity contribution is 9.10. The molecular weight excluding hydrogens is 231 g/mol. The molecule has 1 aromatic carbocycles. The summed E-state index contributed by atoms with van der Waals surface area (Å²) >= 11 is 8.88. The Hall–Kier alpha value is -0.540. The summed E-state index contributed by atoms with van der Waals surface area (Å²) in [7, 11) is 0. The van der Waals surface area contributed by atoms with Gasteiger partial charge in [0.25, 0.3) is 6.47 Å². The minimum atomic E-state index is -0.250. The lowest BCUT2D eigenvalue weighted by Crippen LogP contribution is -1.61. The molecule has 0 amide bonds. The van der Waals surface area contributed by atoms with Crippen LogP contribution in [0.5, 0.6) is 0 Å². The first kappa shape index (κ1) is 10.5. The van der Waals surface area contributed by atoms with E-state index in [1.54, 1.807) is 0 Å². The number of hydrogen-bond acceptors (Lipinski definition) is 1. The lowest BCUT2D eigenvalue weighted by Gasteiger charge is -1.86. The molecule has 1 rings (SSSR count). The normalized spacial score (nSPS) is 7.82. The third-order valence-corrected chi connectivity index (χ3v) is 1.58. The number of hydrogen-bond donors (Lipinski definition) is 1. The highest BCUT2D eigenvalue weighted by atomic mass is 79.9. The number of benzene rings is 1. The molecule has 2 nitrogen and oxygen atoms in total. The van der Waals surface area contributed by atoms with E-state index in [2.05, 4.69) is 15.9 Å². The molecule has 0 saturated heterocycles. The van der Waals surface area contributed by atoms with Crippen LogP contribution in [-0.4, -0.2) is 11.6 Å². The van der Waals surface area contributed by atoms with Gasteiger partial charge in [0.05, 0.1) is 0 Å². The van der Waals surface area contributed by atoms with Crippen molar-refractivity contribution in [2.24, 2.45) is 0 Å². The average Bonchev–Trinajstić information content (AvgIpc) is 1.97. The van der Waals surface area contributed by atoms with Gasteiger partial charge >= 0.3 is 0 Å². The first-order valence-corrected chi connectivity index (χ1v) is 3.86. The van der Waals surface area contributed by atoms with E-state index in [4.69, 9.17) is 21.5 Å². The molecule has 0 aromatic heterocycles. The molecule has 0 spiro atoms. The predicted octanol–water partition coefficient (Wildman–Crippen LogP) is 2.80. The van der Waals surface area contributed by atoms with Crippen molar-refractivity contribution >= 4 is 34.0 Å². The van der Waals surface area contributed by atoms with Crippen LogP contribution in [0.1, 0.15) is 0 Å². The van der Waals surface area contributed by atoms with Crippen LogP contribution in [0, 0.1) is 0 Å². The summed E-state index contributed by atoms with van der Waals surface area (Å²) in [6, 6.07) is 7.49. The Morgan fingerprint density at radius 3 is 2.00 bits per heavy atom. The second-order valence-electron chi connectivity index (χ2n) is 1.54. The van der Waals surface area contributed by atoms with Crippen molar-refractivity contribution in [1.82, 2.24) is 0 Å². The summed E-state index contributed by atoms with van der Waals surface area (Å²) in [6.45, 7) is -0.250. The molecule has 0 unspecified atom stereocenters. The summed E-state index contributed by atoms with van der Waals surface area (Å²) in [5, 5.41) is 7.66. The van der Waals surface area contributed by atoms with Crippen molar-refractivity contribution in [3.05, 3.63) is 33.8 Å². The first-order valence-electron chi connectivity index (χ1n) is 2.69. The van der Waals surface area contributed by atoms with Crippen LogP contribution in [-0.2, 0) is 4.79 Å². The van der Waals surface area contributed by atoms with Crippen LogP contribution in [0.3, 0.4) is 0 Å². The highest BCUT2D eigenvalue weighted by Crippen LogP contribution is 2.13. The predicted molar refractivity (Wildman–Crippen MR) is 47.8 cm³/mol. The fraction of sp³-hybridized carbons (Fsp3) is 0. The Morgan fingerprint density at radius 1 is 1.36 bits per heavy atom. The van der Waals surface area contributed by atoms with Gasteiger partial charge in [-0.3, -0.25) is 4.79 Å². The van der Waals surface area contributed by atoms with E-state index in [0.717, 1.165) is 9.50 Å². The lowest BCUT2D eigenvalue weighted by atomic mass is 10.4. The maximum absolute atomic E-state index is 8.36. The molecule has 4 heteroatoms. The van der Waals surface area contributed by atoms with Crippen LogP contribution < -0.4 is 0 Å². The maximum Gasteiger partial charge on any atom is 0.290 e. The molecule has 0 radical (unpaired) electrons. The van der Waals surface area contributed by atoms with Crippen molar-refractivity contribution < 1.29 is 9.90 Å². The molecule has 1 N–H and O–H groups in total. The molecule has 0 atom stereocenters. The van der Waals surface area contributed by atoms with Gasteiger partial charge in [0, 0.05) is 9.50 Å². The molecule has 0 saturated carbocycles. The molecule has 0 aliphatic carbocycles. The van der Waals surface area contributed by atoms with E-state index in [9.17, 15) is 0 Å². The SMILES string of the molecule is Clc1ccc(Br)cc1.O=CO. The van der Waals surface area contributed by atoms with Gasteiger partial charge in [-0.25, -0.2) is 0 Å². The minimum absolute atomic E-state index is 0.250. The zero-order valence-corrected chi connectivity index (χ0v) is 7.84. The van der Waals surface area contributed by atoms with E-state index in [0.29, 0.717) is 0 Å². The fourth-order valence-corrected chi connectivity index (χ4v) is 0.820. The summed E-state index contributed by atoms with van der Waals surface area (Å²) < 4.78 is 1.06. The number of halogens is 2. The van der Waals surface area contributed by atoms with Gasteiger partial charge in [-0.1, -0.05) is 27.5 Å². The van der Waals surface area contributed by atoms with Crippen molar-refractivity contribution in [3.8, 4) is 0 Å². The third kappa shape index (κ3) is 5.88. The van der Waals surface area contributed by atoms with Crippen molar-refractivity contribution in [3.63, 3.8) is 0 Å². The minimum Gasteiger partial charge on any atom is -0.483 e. The zero-order chi connectivity index (χ0) is 8.69. The number of carbonyl (C=O) groups is 1. The molecule has 0 bridgehead atoms. The van der Waals surface area contributed by atoms with Crippen LogP contribution >= 0.6 is 27.5 Å². The maximum atomic E-state index is 8.36. The summed E-state index contributed by atoms with van der Waals surface area (Å²) in [5.74, 6) is 0. The van der Waals surface area contributed by atoms with Gasteiger partial charge < -0.3 is 5.11 Å². The average molecular weight is 237 g/mol. The number of rotatable bonds is 0. The molecule has 60 valence electrons. The van der Waals surface area contributed by atoms with Gasteiger partial charge in [-0.2, -0.15) is 0 Å². The molecule has 0 heterocycles. The summed E-state index contributed by atoms with van der Waals surface area (Å²) in [5.41, 5.74) is 0.